The molecule has 2 aromatic rings. The molecule has 5 nitrogen and oxygen atoms in total. The summed E-state index contributed by atoms with van der Waals surface area (Å²) in [7, 11) is 0. The summed E-state index contributed by atoms with van der Waals surface area (Å²) in [5, 5.41) is 9.52. The van der Waals surface area contributed by atoms with Gasteiger partial charge in [-0.3, -0.25) is 15.0 Å². The van der Waals surface area contributed by atoms with Crippen LogP contribution >= 0.6 is 11.6 Å². The van der Waals surface area contributed by atoms with E-state index >= 15 is 0 Å². The van der Waals surface area contributed by atoms with Gasteiger partial charge in [0, 0.05) is 16.3 Å². The van der Waals surface area contributed by atoms with E-state index in [0.717, 1.165) is 4.68 Å². The van der Waals surface area contributed by atoms with Crippen molar-refractivity contribution in [3.05, 3.63) is 68.1 Å². The topological polar surface area (TPSA) is 74.9 Å². The number of benzene rings is 1. The molecule has 0 fully saturated rings. The Bertz CT molecular complexity index is 801. The Kier molecular flexibility index (Phi) is 4.10. The molecule has 2 rings (SSSR count). The predicted molar refractivity (Wildman–Crippen MR) is 80.0 cm³/mol. The maximum atomic E-state index is 12.2. The lowest BCUT2D eigenvalue weighted by Gasteiger charge is -2.13. The lowest BCUT2D eigenvalue weighted by molar-refractivity contribution is 0.101. The van der Waals surface area contributed by atoms with Crippen molar-refractivity contribution in [2.45, 2.75) is 13.8 Å². The molecule has 0 aliphatic heterocycles. The molecule has 0 saturated heterocycles. The zero-order valence-electron chi connectivity index (χ0n) is 11.5. The predicted octanol–water partition coefficient (Wildman–Crippen LogP) is 2.37. The van der Waals surface area contributed by atoms with Crippen molar-refractivity contribution in [3.8, 4) is 6.07 Å². The molecule has 0 aliphatic rings. The molecule has 0 saturated carbocycles. The van der Waals surface area contributed by atoms with E-state index in [1.807, 2.05) is 6.07 Å². The number of hydrogen-bond acceptors (Lipinski definition) is 3. The summed E-state index contributed by atoms with van der Waals surface area (Å²) in [5.41, 5.74) is 3.44. The van der Waals surface area contributed by atoms with Crippen molar-refractivity contribution in [3.63, 3.8) is 0 Å². The van der Waals surface area contributed by atoms with E-state index < -0.39 is 11.5 Å². The fraction of sp³-hybridized carbons (Fsp3) is 0.133. The van der Waals surface area contributed by atoms with Crippen molar-refractivity contribution < 1.29 is 4.79 Å². The number of carbonyl (C=O) groups excluding carboxylic acids is 1. The molecule has 1 aromatic carbocycles. The van der Waals surface area contributed by atoms with E-state index in [1.54, 1.807) is 44.2 Å². The molecule has 1 aromatic heterocycles. The average Bonchev–Trinajstić information content (AvgIpc) is 2.44. The number of pyridine rings is 1. The number of nitriles is 1. The first-order valence-electron chi connectivity index (χ1n) is 6.14. The van der Waals surface area contributed by atoms with Crippen molar-refractivity contribution in [1.82, 2.24) is 4.68 Å². The van der Waals surface area contributed by atoms with Gasteiger partial charge in [0.2, 0.25) is 0 Å². The number of amides is 1. The molecule has 1 amide bonds. The zero-order chi connectivity index (χ0) is 15.6. The minimum absolute atomic E-state index is 0.0111. The molecule has 6 heteroatoms. The number of hydrogen-bond donors (Lipinski definition) is 1. The van der Waals surface area contributed by atoms with Crippen LogP contribution in [0.2, 0.25) is 5.02 Å². The first kappa shape index (κ1) is 14.8. The first-order chi connectivity index (χ1) is 9.93. The van der Waals surface area contributed by atoms with Crippen LogP contribution in [-0.4, -0.2) is 10.6 Å². The standard InChI is InChI=1S/C15H12ClN3O2/c1-9-7-10(2)19(15(21)13(9)8-17)18-14(20)11-3-5-12(16)6-4-11/h3-7H,1-2H3,(H,18,20). The molecule has 0 atom stereocenters. The quantitative estimate of drug-likeness (QED) is 0.925. The Hall–Kier alpha value is -2.58. The van der Waals surface area contributed by atoms with E-state index in [0.29, 0.717) is 21.8 Å². The van der Waals surface area contributed by atoms with E-state index in [1.165, 1.54) is 0 Å². The highest BCUT2D eigenvalue weighted by Crippen LogP contribution is 2.10. The lowest BCUT2D eigenvalue weighted by atomic mass is 10.1. The van der Waals surface area contributed by atoms with Crippen LogP contribution in [-0.2, 0) is 0 Å². The van der Waals surface area contributed by atoms with Gasteiger partial charge in [-0.25, -0.2) is 4.68 Å². The number of rotatable bonds is 2. The Labute approximate surface area is 126 Å². The molecule has 0 spiro atoms. The van der Waals surface area contributed by atoms with Crippen molar-refractivity contribution >= 4 is 17.5 Å². The number of nitrogens with one attached hydrogen (secondary N) is 1. The highest BCUT2D eigenvalue weighted by atomic mass is 35.5. The van der Waals surface area contributed by atoms with Gasteiger partial charge in [-0.2, -0.15) is 5.26 Å². The third-order valence-electron chi connectivity index (χ3n) is 3.02. The molecule has 1 heterocycles. The third kappa shape index (κ3) is 2.96. The molecule has 0 bridgehead atoms. The maximum Gasteiger partial charge on any atom is 0.287 e. The first-order valence-corrected chi connectivity index (χ1v) is 6.52. The van der Waals surface area contributed by atoms with Gasteiger partial charge in [-0.1, -0.05) is 11.6 Å². The number of aromatic nitrogens is 1. The minimum atomic E-state index is -0.544. The van der Waals surface area contributed by atoms with Crippen LogP contribution in [0.25, 0.3) is 0 Å². The summed E-state index contributed by atoms with van der Waals surface area (Å²) in [6.07, 6.45) is 0. The van der Waals surface area contributed by atoms with Gasteiger partial charge in [0.15, 0.2) is 0 Å². The van der Waals surface area contributed by atoms with Crippen LogP contribution in [0.4, 0.5) is 0 Å². The number of carbonyl (C=O) groups is 1. The molecule has 0 aliphatic carbocycles. The average molecular weight is 302 g/mol. The summed E-state index contributed by atoms with van der Waals surface area (Å²) in [4.78, 5) is 24.3. The van der Waals surface area contributed by atoms with E-state index in [2.05, 4.69) is 5.43 Å². The van der Waals surface area contributed by atoms with Gasteiger partial charge < -0.3 is 0 Å². The summed E-state index contributed by atoms with van der Waals surface area (Å²) in [6, 6.07) is 9.79. The van der Waals surface area contributed by atoms with Gasteiger partial charge >= 0.3 is 0 Å². The monoisotopic (exact) mass is 301 g/mol. The van der Waals surface area contributed by atoms with Gasteiger partial charge in [0.25, 0.3) is 11.5 Å². The third-order valence-corrected chi connectivity index (χ3v) is 3.27. The Morgan fingerprint density at radius 2 is 1.90 bits per heavy atom. The Morgan fingerprint density at radius 3 is 2.48 bits per heavy atom. The minimum Gasteiger partial charge on any atom is -0.267 e. The number of halogens is 1. The van der Waals surface area contributed by atoms with Gasteiger partial charge in [-0.15, -0.1) is 0 Å². The van der Waals surface area contributed by atoms with Crippen molar-refractivity contribution in [2.24, 2.45) is 0 Å². The van der Waals surface area contributed by atoms with Crippen LogP contribution in [0.5, 0.6) is 0 Å². The van der Waals surface area contributed by atoms with E-state index in [-0.39, 0.29) is 5.56 Å². The Balaban J connectivity index is 2.41. The second-order valence-electron chi connectivity index (χ2n) is 4.54. The van der Waals surface area contributed by atoms with Gasteiger partial charge in [0.05, 0.1) is 0 Å². The van der Waals surface area contributed by atoms with Gasteiger partial charge in [0.1, 0.15) is 11.6 Å². The smallest absolute Gasteiger partial charge is 0.267 e. The summed E-state index contributed by atoms with van der Waals surface area (Å²) < 4.78 is 1.07. The van der Waals surface area contributed by atoms with Crippen LogP contribution in [0.1, 0.15) is 27.2 Å². The lowest BCUT2D eigenvalue weighted by Crippen LogP contribution is -2.36. The fourth-order valence-corrected chi connectivity index (χ4v) is 2.06. The maximum absolute atomic E-state index is 12.2. The highest BCUT2D eigenvalue weighted by Gasteiger charge is 2.13. The van der Waals surface area contributed by atoms with Crippen LogP contribution < -0.4 is 11.0 Å². The fourth-order valence-electron chi connectivity index (χ4n) is 1.93. The zero-order valence-corrected chi connectivity index (χ0v) is 12.2. The Morgan fingerprint density at radius 1 is 1.29 bits per heavy atom. The van der Waals surface area contributed by atoms with Crippen LogP contribution in [0.15, 0.2) is 35.1 Å². The number of nitrogens with zero attached hydrogens (tertiary/aromatic N) is 2. The summed E-state index contributed by atoms with van der Waals surface area (Å²) in [6.45, 7) is 3.36. The molecule has 106 valence electrons. The molecule has 0 unspecified atom stereocenters. The van der Waals surface area contributed by atoms with Crippen molar-refractivity contribution in [2.75, 3.05) is 5.43 Å². The van der Waals surface area contributed by atoms with E-state index in [4.69, 9.17) is 16.9 Å². The molecule has 1 N–H and O–H groups in total. The van der Waals surface area contributed by atoms with Gasteiger partial charge in [-0.05, 0) is 49.7 Å². The molecular formula is C15H12ClN3O2. The largest absolute Gasteiger partial charge is 0.287 e. The van der Waals surface area contributed by atoms with Crippen LogP contribution in [0, 0.1) is 25.2 Å². The van der Waals surface area contributed by atoms with Crippen LogP contribution in [0.3, 0.4) is 0 Å². The highest BCUT2D eigenvalue weighted by molar-refractivity contribution is 6.30. The molecule has 21 heavy (non-hydrogen) atoms. The van der Waals surface area contributed by atoms with E-state index in [9.17, 15) is 9.59 Å². The summed E-state index contributed by atoms with van der Waals surface area (Å²) in [5.74, 6) is -0.454. The van der Waals surface area contributed by atoms with Crippen molar-refractivity contribution in [1.29, 1.82) is 5.26 Å². The number of aryl methyl sites for hydroxylation is 2. The molecule has 0 radical (unpaired) electrons. The second kappa shape index (κ2) is 5.81. The SMILES string of the molecule is Cc1cc(C)n(NC(=O)c2ccc(Cl)cc2)c(=O)c1C#N. The molecular weight excluding hydrogens is 290 g/mol. The summed E-state index contributed by atoms with van der Waals surface area (Å²) >= 11 is 5.76. The normalized spacial score (nSPS) is 10.0. The second-order valence-corrected chi connectivity index (χ2v) is 4.98.